The van der Waals surface area contributed by atoms with E-state index in [1.165, 1.54) is 0 Å². The van der Waals surface area contributed by atoms with Crippen LogP contribution in [0.3, 0.4) is 0 Å². The molecule has 274 valence electrons. The van der Waals surface area contributed by atoms with Crippen molar-refractivity contribution in [2.45, 2.75) is 97.8 Å². The average Bonchev–Trinajstić information content (AvgIpc) is 3.03. The highest BCUT2D eigenvalue weighted by Gasteiger charge is 2.34. The minimum atomic E-state index is -1.16. The van der Waals surface area contributed by atoms with Gasteiger partial charge in [0.15, 0.2) is 0 Å². The van der Waals surface area contributed by atoms with E-state index in [0.29, 0.717) is 11.1 Å². The van der Waals surface area contributed by atoms with Crippen molar-refractivity contribution in [3.63, 3.8) is 0 Å². The molecule has 0 spiro atoms. The Balaban J connectivity index is 1.69. The predicted molar refractivity (Wildman–Crippen MR) is 194 cm³/mol. The Kier molecular flexibility index (Phi) is 13.9. The van der Waals surface area contributed by atoms with Crippen LogP contribution >= 0.6 is 0 Å². The van der Waals surface area contributed by atoms with Gasteiger partial charge in [-0.1, -0.05) is 75.4 Å². The van der Waals surface area contributed by atoms with Gasteiger partial charge in [-0.05, 0) is 73.1 Å². The van der Waals surface area contributed by atoms with E-state index < -0.39 is 58.6 Å². The van der Waals surface area contributed by atoms with Crippen LogP contribution in [0.25, 0.3) is 10.8 Å². The van der Waals surface area contributed by atoms with E-state index in [1.54, 1.807) is 45.0 Å². The van der Waals surface area contributed by atoms with Crippen LogP contribution < -0.4 is 21.3 Å². The summed E-state index contributed by atoms with van der Waals surface area (Å²) in [7, 11) is 0. The molecule has 0 saturated heterocycles. The standard InChI is InChI=1S/C39H50N4O8/c1-38(2,3)29(17-19-32(44)45)35(49)41-30(18-20-33(46)47)36(50)40-23-24-11-15-27(16-12-24)34(48)42-31(37(51)43-39(4,5)6)22-25-13-14-26-9-7-8-10-28(26)21-25/h7-16,21,29-31H,17-20,22-23H2,1-6H3,(H,40,50)(H,41,49)(H,42,48)(H,43,51)(H,44,45)(H,46,47). The van der Waals surface area contributed by atoms with Crippen molar-refractivity contribution in [1.29, 1.82) is 0 Å². The Bertz CT molecular complexity index is 1720. The first-order valence-corrected chi connectivity index (χ1v) is 17.0. The smallest absolute Gasteiger partial charge is 0.303 e. The van der Waals surface area contributed by atoms with Gasteiger partial charge in [-0.2, -0.15) is 0 Å². The third-order valence-electron chi connectivity index (χ3n) is 8.35. The first-order valence-electron chi connectivity index (χ1n) is 17.0. The molecule has 3 atom stereocenters. The lowest BCUT2D eigenvalue weighted by atomic mass is 9.77. The van der Waals surface area contributed by atoms with Crippen LogP contribution in [0.4, 0.5) is 0 Å². The van der Waals surface area contributed by atoms with Gasteiger partial charge in [0.1, 0.15) is 12.1 Å². The van der Waals surface area contributed by atoms with Crippen molar-refractivity contribution in [2.24, 2.45) is 11.3 Å². The van der Waals surface area contributed by atoms with Gasteiger partial charge in [0, 0.05) is 42.8 Å². The molecule has 0 radical (unpaired) electrons. The second-order valence-corrected chi connectivity index (χ2v) is 14.9. The number of carboxylic acids is 2. The van der Waals surface area contributed by atoms with Gasteiger partial charge in [0.2, 0.25) is 17.7 Å². The highest BCUT2D eigenvalue weighted by Crippen LogP contribution is 2.30. The summed E-state index contributed by atoms with van der Waals surface area (Å²) >= 11 is 0. The van der Waals surface area contributed by atoms with E-state index in [2.05, 4.69) is 21.3 Å². The molecule has 3 aromatic rings. The van der Waals surface area contributed by atoms with Crippen molar-refractivity contribution < 1.29 is 39.0 Å². The lowest BCUT2D eigenvalue weighted by Crippen LogP contribution is -2.53. The molecule has 12 heteroatoms. The molecule has 0 fully saturated rings. The lowest BCUT2D eigenvalue weighted by Gasteiger charge is -2.31. The molecular weight excluding hydrogens is 652 g/mol. The van der Waals surface area contributed by atoms with E-state index in [4.69, 9.17) is 5.11 Å². The molecule has 0 aromatic heterocycles. The molecule has 51 heavy (non-hydrogen) atoms. The maximum Gasteiger partial charge on any atom is 0.303 e. The van der Waals surface area contributed by atoms with Crippen LogP contribution in [0.15, 0.2) is 66.7 Å². The van der Waals surface area contributed by atoms with Gasteiger partial charge < -0.3 is 31.5 Å². The van der Waals surface area contributed by atoms with Crippen LogP contribution in [-0.2, 0) is 36.9 Å². The fourth-order valence-corrected chi connectivity index (χ4v) is 5.63. The molecule has 6 N–H and O–H groups in total. The molecule has 12 nitrogen and oxygen atoms in total. The highest BCUT2D eigenvalue weighted by molar-refractivity contribution is 5.98. The molecular formula is C39H50N4O8. The van der Waals surface area contributed by atoms with Crippen molar-refractivity contribution in [3.05, 3.63) is 83.4 Å². The van der Waals surface area contributed by atoms with Crippen LogP contribution in [0.1, 0.15) is 88.7 Å². The van der Waals surface area contributed by atoms with Gasteiger partial charge in [-0.15, -0.1) is 0 Å². The fraction of sp³-hybridized carbons (Fsp3) is 0.436. The number of carboxylic acid groups (broad SMARTS) is 2. The highest BCUT2D eigenvalue weighted by atomic mass is 16.4. The zero-order valence-electron chi connectivity index (χ0n) is 30.2. The SMILES string of the molecule is CC(C)(C)NC(=O)C(Cc1ccc2ccccc2c1)NC(=O)c1ccc(CNC(=O)C(CCC(=O)O)NC(=O)C(CCC(=O)O)C(C)(C)C)cc1. The number of carbonyl (C=O) groups is 6. The van der Waals surface area contributed by atoms with E-state index >= 15 is 0 Å². The number of rotatable bonds is 16. The molecule has 0 saturated carbocycles. The zero-order valence-corrected chi connectivity index (χ0v) is 30.2. The molecule has 3 aromatic carbocycles. The second kappa shape index (κ2) is 17.6. The number of fused-ring (bicyclic) bond motifs is 1. The molecule has 0 bridgehead atoms. The quantitative estimate of drug-likeness (QED) is 0.125. The van der Waals surface area contributed by atoms with E-state index in [1.807, 2.05) is 63.2 Å². The maximum atomic E-state index is 13.4. The normalized spacial score (nSPS) is 13.4. The topological polar surface area (TPSA) is 191 Å². The van der Waals surface area contributed by atoms with E-state index in [9.17, 15) is 33.9 Å². The van der Waals surface area contributed by atoms with Crippen LogP contribution in [0.2, 0.25) is 0 Å². The Morgan fingerprint density at radius 2 is 1.24 bits per heavy atom. The van der Waals surface area contributed by atoms with Gasteiger partial charge in [0.05, 0.1) is 0 Å². The predicted octanol–water partition coefficient (Wildman–Crippen LogP) is 4.59. The van der Waals surface area contributed by atoms with Crippen molar-refractivity contribution in [1.82, 2.24) is 21.3 Å². The van der Waals surface area contributed by atoms with Crippen LogP contribution in [-0.4, -0.2) is 63.4 Å². The summed E-state index contributed by atoms with van der Waals surface area (Å²) in [5.74, 6) is -4.80. The number of nitrogens with one attached hydrogen (secondary N) is 4. The Morgan fingerprint density at radius 1 is 0.647 bits per heavy atom. The largest absolute Gasteiger partial charge is 0.481 e. The minimum absolute atomic E-state index is 0.0282. The zero-order chi connectivity index (χ0) is 37.9. The maximum absolute atomic E-state index is 13.4. The van der Waals surface area contributed by atoms with Gasteiger partial charge in [-0.25, -0.2) is 0 Å². The first-order chi connectivity index (χ1) is 23.8. The molecule has 3 unspecified atom stereocenters. The monoisotopic (exact) mass is 702 g/mol. The lowest BCUT2D eigenvalue weighted by molar-refractivity contribution is -0.140. The molecule has 0 aliphatic rings. The van der Waals surface area contributed by atoms with Gasteiger partial charge >= 0.3 is 11.9 Å². The summed E-state index contributed by atoms with van der Waals surface area (Å²) < 4.78 is 0. The van der Waals surface area contributed by atoms with Gasteiger partial charge in [-0.3, -0.25) is 28.8 Å². The summed E-state index contributed by atoms with van der Waals surface area (Å²) in [6, 6.07) is 18.3. The van der Waals surface area contributed by atoms with E-state index in [0.717, 1.165) is 16.3 Å². The van der Waals surface area contributed by atoms with Crippen molar-refractivity contribution >= 4 is 46.3 Å². The number of benzene rings is 3. The molecule has 0 aliphatic heterocycles. The summed E-state index contributed by atoms with van der Waals surface area (Å²) in [6.45, 7) is 11.0. The van der Waals surface area contributed by atoms with E-state index in [-0.39, 0.29) is 44.6 Å². The number of hydrogen-bond donors (Lipinski definition) is 6. The summed E-state index contributed by atoms with van der Waals surface area (Å²) in [4.78, 5) is 75.5. The van der Waals surface area contributed by atoms with Crippen LogP contribution in [0, 0.1) is 11.3 Å². The second-order valence-electron chi connectivity index (χ2n) is 14.9. The first kappa shape index (κ1) is 40.2. The summed E-state index contributed by atoms with van der Waals surface area (Å²) in [5, 5.41) is 31.6. The summed E-state index contributed by atoms with van der Waals surface area (Å²) in [6.07, 6.45) is -0.426. The fourth-order valence-electron chi connectivity index (χ4n) is 5.63. The molecule has 3 rings (SSSR count). The number of amides is 4. The number of carbonyl (C=O) groups excluding carboxylic acids is 4. The molecule has 0 aliphatic carbocycles. The minimum Gasteiger partial charge on any atom is -0.481 e. The third-order valence-corrected chi connectivity index (χ3v) is 8.35. The third kappa shape index (κ3) is 13.2. The Hall–Kier alpha value is -5.26. The molecule has 0 heterocycles. The molecule has 4 amide bonds. The Morgan fingerprint density at radius 3 is 1.82 bits per heavy atom. The Labute approximate surface area is 298 Å². The van der Waals surface area contributed by atoms with Crippen LogP contribution in [0.5, 0.6) is 0 Å². The average molecular weight is 703 g/mol. The van der Waals surface area contributed by atoms with Crippen molar-refractivity contribution in [2.75, 3.05) is 0 Å². The number of aliphatic carboxylic acids is 2. The summed E-state index contributed by atoms with van der Waals surface area (Å²) in [5.41, 5.74) is 0.711. The number of hydrogen-bond acceptors (Lipinski definition) is 6. The van der Waals surface area contributed by atoms with Crippen molar-refractivity contribution in [3.8, 4) is 0 Å². The van der Waals surface area contributed by atoms with Gasteiger partial charge in [0.25, 0.3) is 5.91 Å².